The Hall–Kier alpha value is -1.65. The van der Waals surface area contributed by atoms with Crippen molar-refractivity contribution in [3.63, 3.8) is 0 Å². The Bertz CT molecular complexity index is 913. The van der Waals surface area contributed by atoms with Gasteiger partial charge in [0.15, 0.2) is 0 Å². The first-order valence-electron chi connectivity index (χ1n) is 13.9. The summed E-state index contributed by atoms with van der Waals surface area (Å²) in [4.78, 5) is 12.2. The molecule has 4 heteroatoms. The van der Waals surface area contributed by atoms with Gasteiger partial charge >= 0.3 is 5.97 Å². The number of ether oxygens (including phenoxy) is 1. The minimum absolute atomic E-state index is 0.0199. The molecular weight excluding hydrogens is 436 g/mol. The third-order valence-corrected chi connectivity index (χ3v) is 10.1. The summed E-state index contributed by atoms with van der Waals surface area (Å²) in [6, 6.07) is 0. The molecule has 0 unspecified atom stereocenters. The van der Waals surface area contributed by atoms with Gasteiger partial charge in [0.2, 0.25) is 0 Å². The van der Waals surface area contributed by atoms with Crippen molar-refractivity contribution in [2.45, 2.75) is 104 Å². The van der Waals surface area contributed by atoms with Gasteiger partial charge in [-0.25, -0.2) is 4.79 Å². The number of aliphatic hydroxyl groups excluding tert-OH is 2. The van der Waals surface area contributed by atoms with Gasteiger partial charge < -0.3 is 14.9 Å². The molecule has 0 radical (unpaired) electrons. The highest BCUT2D eigenvalue weighted by molar-refractivity contribution is 5.90. The first kappa shape index (κ1) is 26.4. The average molecular weight is 483 g/mol. The fraction of sp³-hybridized carbons (Fsp3) is 0.710. The van der Waals surface area contributed by atoms with Crippen molar-refractivity contribution in [3.8, 4) is 0 Å². The summed E-state index contributed by atoms with van der Waals surface area (Å²) in [5.41, 5.74) is 4.19. The number of aliphatic hydroxyl groups is 2. The maximum atomic E-state index is 12.2. The summed E-state index contributed by atoms with van der Waals surface area (Å²) in [5.74, 6) is 1.49. The summed E-state index contributed by atoms with van der Waals surface area (Å²) >= 11 is 0. The SMILES string of the molecule is C=C1/C(=C\C=C2/CCC[C@]3(C)[C@@H]([C@H](C)C[C@H]4OC(=O)C(=C)[C@@H]4CCC)CC[C@@H]23)C[C@@H](O)[C@H](C)[C@@H]1O. The fourth-order valence-corrected chi connectivity index (χ4v) is 7.94. The van der Waals surface area contributed by atoms with Crippen molar-refractivity contribution < 1.29 is 19.7 Å². The molecule has 35 heavy (non-hydrogen) atoms. The summed E-state index contributed by atoms with van der Waals surface area (Å²) in [5, 5.41) is 20.8. The van der Waals surface area contributed by atoms with Gasteiger partial charge in [-0.3, -0.25) is 0 Å². The zero-order valence-electron chi connectivity index (χ0n) is 22.3. The summed E-state index contributed by atoms with van der Waals surface area (Å²) in [6.45, 7) is 17.1. The van der Waals surface area contributed by atoms with Crippen LogP contribution in [-0.4, -0.2) is 34.5 Å². The molecule has 3 aliphatic carbocycles. The molecule has 0 amide bonds. The van der Waals surface area contributed by atoms with Crippen molar-refractivity contribution in [2.24, 2.45) is 35.0 Å². The molecule has 2 N–H and O–H groups in total. The van der Waals surface area contributed by atoms with Crippen LogP contribution in [-0.2, 0) is 9.53 Å². The Labute approximate surface area is 212 Å². The van der Waals surface area contributed by atoms with Crippen LogP contribution in [0.2, 0.25) is 0 Å². The number of hydrogen-bond acceptors (Lipinski definition) is 4. The van der Waals surface area contributed by atoms with Gasteiger partial charge in [0.25, 0.3) is 0 Å². The Balaban J connectivity index is 1.49. The predicted molar refractivity (Wildman–Crippen MR) is 140 cm³/mol. The Morgan fingerprint density at radius 3 is 2.66 bits per heavy atom. The second-order valence-corrected chi connectivity index (χ2v) is 12.2. The quantitative estimate of drug-likeness (QED) is 0.344. The second kappa shape index (κ2) is 10.4. The van der Waals surface area contributed by atoms with Crippen molar-refractivity contribution >= 4 is 5.97 Å². The number of carbonyl (C=O) groups excluding carboxylic acids is 1. The van der Waals surface area contributed by atoms with Gasteiger partial charge in [0.1, 0.15) is 6.10 Å². The lowest BCUT2D eigenvalue weighted by molar-refractivity contribution is -0.140. The van der Waals surface area contributed by atoms with Gasteiger partial charge in [0, 0.05) is 17.4 Å². The first-order valence-corrected chi connectivity index (χ1v) is 13.9. The number of allylic oxidation sites excluding steroid dienone is 3. The lowest BCUT2D eigenvalue weighted by Crippen LogP contribution is -2.37. The second-order valence-electron chi connectivity index (χ2n) is 12.2. The van der Waals surface area contributed by atoms with Crippen LogP contribution in [0, 0.1) is 35.0 Å². The van der Waals surface area contributed by atoms with Crippen molar-refractivity contribution in [1.29, 1.82) is 0 Å². The van der Waals surface area contributed by atoms with Crippen molar-refractivity contribution in [1.82, 2.24) is 0 Å². The van der Waals surface area contributed by atoms with Crippen LogP contribution < -0.4 is 0 Å². The average Bonchev–Trinajstić information content (AvgIpc) is 3.31. The standard InChI is InChI=1S/C31H46O4/c1-7-9-24-20(4)30(34)35-28(24)16-18(2)25-13-14-26-22(10-8-15-31(25,26)6)11-12-23-17-27(32)21(5)29(33)19(23)3/h11-12,18,21,24-29,32-33H,3-4,7-10,13-17H2,1-2,5-6H3/b22-11+,23-12-/t18-,21+,24+,25-,26+,27-,28-,29-,31-/m1/s1. The van der Waals surface area contributed by atoms with Crippen molar-refractivity contribution in [3.05, 3.63) is 47.6 Å². The Morgan fingerprint density at radius 2 is 1.94 bits per heavy atom. The molecule has 194 valence electrons. The molecule has 1 saturated heterocycles. The van der Waals surface area contributed by atoms with Gasteiger partial charge in [-0.1, -0.05) is 65.0 Å². The fourth-order valence-electron chi connectivity index (χ4n) is 7.94. The molecule has 1 aliphatic heterocycles. The monoisotopic (exact) mass is 482 g/mol. The van der Waals surface area contributed by atoms with E-state index in [2.05, 4.69) is 46.1 Å². The predicted octanol–water partition coefficient (Wildman–Crippen LogP) is 6.30. The molecular formula is C31H46O4. The molecule has 3 saturated carbocycles. The van der Waals surface area contributed by atoms with E-state index in [-0.39, 0.29) is 29.3 Å². The normalized spacial score (nSPS) is 43.0. The van der Waals surface area contributed by atoms with Gasteiger partial charge in [-0.2, -0.15) is 0 Å². The molecule has 4 rings (SSSR count). The van der Waals surface area contributed by atoms with Crippen LogP contribution in [0.4, 0.5) is 0 Å². The zero-order chi connectivity index (χ0) is 25.5. The molecule has 4 nitrogen and oxygen atoms in total. The molecule has 4 fully saturated rings. The summed E-state index contributed by atoms with van der Waals surface area (Å²) in [6.07, 6.45) is 12.7. The van der Waals surface area contributed by atoms with E-state index < -0.39 is 12.2 Å². The number of esters is 1. The number of carbonyl (C=O) groups is 1. The molecule has 4 aliphatic rings. The van der Waals surface area contributed by atoms with Crippen LogP contribution in [0.1, 0.15) is 85.5 Å². The van der Waals surface area contributed by atoms with Crippen LogP contribution >= 0.6 is 0 Å². The molecule has 0 aromatic rings. The third kappa shape index (κ3) is 4.85. The number of fused-ring (bicyclic) bond motifs is 1. The lowest BCUT2D eigenvalue weighted by atomic mass is 9.60. The molecule has 0 aromatic carbocycles. The molecule has 0 bridgehead atoms. The maximum absolute atomic E-state index is 12.2. The highest BCUT2D eigenvalue weighted by atomic mass is 16.6. The van der Waals surface area contributed by atoms with Gasteiger partial charge in [-0.15, -0.1) is 0 Å². The lowest BCUT2D eigenvalue weighted by Gasteiger charge is -2.45. The molecule has 1 heterocycles. The summed E-state index contributed by atoms with van der Waals surface area (Å²) < 4.78 is 5.79. The number of rotatable bonds is 6. The van der Waals surface area contributed by atoms with E-state index in [1.54, 1.807) is 0 Å². The zero-order valence-corrected chi connectivity index (χ0v) is 22.3. The largest absolute Gasteiger partial charge is 0.458 e. The van der Waals surface area contributed by atoms with E-state index in [9.17, 15) is 15.0 Å². The number of cyclic esters (lactones) is 1. The molecule has 0 aromatic heterocycles. The Morgan fingerprint density at radius 1 is 1.20 bits per heavy atom. The maximum Gasteiger partial charge on any atom is 0.334 e. The van der Waals surface area contributed by atoms with E-state index in [4.69, 9.17) is 4.74 Å². The van der Waals surface area contributed by atoms with Crippen LogP contribution in [0.3, 0.4) is 0 Å². The van der Waals surface area contributed by atoms with Gasteiger partial charge in [0.05, 0.1) is 12.2 Å². The van der Waals surface area contributed by atoms with Crippen LogP contribution in [0.25, 0.3) is 0 Å². The van der Waals surface area contributed by atoms with Crippen molar-refractivity contribution in [2.75, 3.05) is 0 Å². The van der Waals surface area contributed by atoms with E-state index >= 15 is 0 Å². The topological polar surface area (TPSA) is 66.8 Å². The van der Waals surface area contributed by atoms with E-state index in [0.29, 0.717) is 29.7 Å². The van der Waals surface area contributed by atoms with Crippen LogP contribution in [0.15, 0.2) is 47.6 Å². The smallest absolute Gasteiger partial charge is 0.334 e. The molecule has 9 atom stereocenters. The van der Waals surface area contributed by atoms with Crippen LogP contribution in [0.5, 0.6) is 0 Å². The minimum atomic E-state index is -0.672. The van der Waals surface area contributed by atoms with Gasteiger partial charge in [-0.05, 0) is 85.7 Å². The Kier molecular flexibility index (Phi) is 7.83. The molecule has 0 spiro atoms. The first-order chi connectivity index (χ1) is 16.6. The van der Waals surface area contributed by atoms with E-state index in [1.165, 1.54) is 31.3 Å². The highest BCUT2D eigenvalue weighted by Crippen LogP contribution is 2.60. The highest BCUT2D eigenvalue weighted by Gasteiger charge is 2.51. The summed E-state index contributed by atoms with van der Waals surface area (Å²) in [7, 11) is 0. The number of hydrogen-bond donors (Lipinski definition) is 2. The third-order valence-electron chi connectivity index (χ3n) is 10.1. The van der Waals surface area contributed by atoms with E-state index in [1.807, 2.05) is 6.92 Å². The minimum Gasteiger partial charge on any atom is -0.458 e. The van der Waals surface area contributed by atoms with E-state index in [0.717, 1.165) is 36.8 Å².